The van der Waals surface area contributed by atoms with Crippen molar-refractivity contribution in [3.63, 3.8) is 0 Å². The third-order valence-corrected chi connectivity index (χ3v) is 2.54. The molecule has 1 heterocycles. The smallest absolute Gasteiger partial charge is 0.360 e. The van der Waals surface area contributed by atoms with Gasteiger partial charge in [0.1, 0.15) is 6.04 Å². The molecule has 0 spiro atoms. The van der Waals surface area contributed by atoms with Crippen LogP contribution >= 0.6 is 0 Å². The van der Waals surface area contributed by atoms with Crippen molar-refractivity contribution in [2.24, 2.45) is 11.5 Å². The van der Waals surface area contributed by atoms with E-state index in [4.69, 9.17) is 11.5 Å². The van der Waals surface area contributed by atoms with Gasteiger partial charge < -0.3 is 16.2 Å². The molecule has 0 aliphatic heterocycles. The third kappa shape index (κ3) is 3.29. The molecule has 1 aromatic heterocycles. The van der Waals surface area contributed by atoms with Crippen molar-refractivity contribution < 1.29 is 19.1 Å². The summed E-state index contributed by atoms with van der Waals surface area (Å²) in [5, 5.41) is 9.33. The molecule has 5 N–H and O–H groups in total. The van der Waals surface area contributed by atoms with Crippen molar-refractivity contribution in [3.05, 3.63) is 11.4 Å². The van der Waals surface area contributed by atoms with Crippen LogP contribution in [0.3, 0.4) is 0 Å². The summed E-state index contributed by atoms with van der Waals surface area (Å²) in [5.41, 5.74) is 10.7. The number of amides is 3. The predicted octanol–water partition coefficient (Wildman–Crippen LogP) is -1.68. The zero-order valence-electron chi connectivity index (χ0n) is 11.1. The fraction of sp³-hybridized carbons (Fsp3) is 0.500. The molecule has 0 saturated heterocycles. The first-order valence-electron chi connectivity index (χ1n) is 5.75. The Balaban J connectivity index is 3.11. The molecule has 1 rings (SSSR count). The number of nitrogens with two attached hydrogens (primary N) is 2. The number of urea groups is 1. The highest BCUT2D eigenvalue weighted by molar-refractivity contribution is 5.95. The van der Waals surface area contributed by atoms with Crippen LogP contribution in [0.2, 0.25) is 0 Å². The van der Waals surface area contributed by atoms with E-state index in [0.717, 1.165) is 0 Å². The van der Waals surface area contributed by atoms with E-state index in [2.05, 4.69) is 15.0 Å². The van der Waals surface area contributed by atoms with Crippen molar-refractivity contribution in [1.29, 1.82) is 0 Å². The summed E-state index contributed by atoms with van der Waals surface area (Å²) in [7, 11) is 1.21. The molecule has 110 valence electrons. The second-order valence-corrected chi connectivity index (χ2v) is 3.89. The molecule has 0 fully saturated rings. The highest BCUT2D eigenvalue weighted by Gasteiger charge is 2.26. The Morgan fingerprint density at radius 2 is 2.10 bits per heavy atom. The molecular weight excluding hydrogens is 268 g/mol. The fourth-order valence-corrected chi connectivity index (χ4v) is 1.59. The Morgan fingerprint density at radius 1 is 1.45 bits per heavy atom. The van der Waals surface area contributed by atoms with Crippen LogP contribution in [0.5, 0.6) is 0 Å². The van der Waals surface area contributed by atoms with Gasteiger partial charge in [0.25, 0.3) is 5.91 Å². The predicted molar refractivity (Wildman–Crippen MR) is 66.6 cm³/mol. The van der Waals surface area contributed by atoms with Crippen molar-refractivity contribution in [1.82, 2.24) is 20.3 Å². The van der Waals surface area contributed by atoms with E-state index >= 15 is 0 Å². The number of nitrogens with zero attached hydrogens (tertiary/aromatic N) is 3. The van der Waals surface area contributed by atoms with Gasteiger partial charge >= 0.3 is 12.0 Å². The van der Waals surface area contributed by atoms with E-state index in [1.165, 1.54) is 18.7 Å². The standard InChI is InChI=1S/C10H16N6O4/c1-5(8(17)13-10(12)19)16-6(3-4-11)7(14-15-16)9(18)20-2/h5H,3-4,11H2,1-2H3,(H3,12,13,17,19). The Bertz CT molecular complexity index is 526. The summed E-state index contributed by atoms with van der Waals surface area (Å²) in [6, 6.07) is -1.86. The molecule has 1 unspecified atom stereocenters. The van der Waals surface area contributed by atoms with Crippen molar-refractivity contribution in [2.75, 3.05) is 13.7 Å². The first-order valence-corrected chi connectivity index (χ1v) is 5.75. The lowest BCUT2D eigenvalue weighted by Gasteiger charge is -2.13. The average molecular weight is 284 g/mol. The Kier molecular flexibility index (Phi) is 5.15. The molecule has 10 nitrogen and oxygen atoms in total. The number of nitrogens with one attached hydrogen (secondary N) is 1. The molecule has 0 aliphatic carbocycles. The zero-order chi connectivity index (χ0) is 15.3. The first-order chi connectivity index (χ1) is 9.42. The van der Waals surface area contributed by atoms with Crippen LogP contribution in [-0.2, 0) is 16.0 Å². The van der Waals surface area contributed by atoms with Gasteiger partial charge in [0.05, 0.1) is 12.8 Å². The average Bonchev–Trinajstić information content (AvgIpc) is 2.80. The number of rotatable bonds is 5. The second kappa shape index (κ2) is 6.61. The van der Waals surface area contributed by atoms with Crippen molar-refractivity contribution in [3.8, 4) is 0 Å². The van der Waals surface area contributed by atoms with E-state index in [9.17, 15) is 14.4 Å². The number of carbonyl (C=O) groups is 3. The summed E-state index contributed by atoms with van der Waals surface area (Å²) >= 11 is 0. The van der Waals surface area contributed by atoms with Gasteiger partial charge in [-0.15, -0.1) is 5.10 Å². The molecular formula is C10H16N6O4. The Hall–Kier alpha value is -2.49. The van der Waals surface area contributed by atoms with Gasteiger partial charge in [0, 0.05) is 6.42 Å². The fourth-order valence-electron chi connectivity index (χ4n) is 1.59. The third-order valence-electron chi connectivity index (χ3n) is 2.54. The van der Waals surface area contributed by atoms with E-state index < -0.39 is 23.9 Å². The van der Waals surface area contributed by atoms with Crippen LogP contribution < -0.4 is 16.8 Å². The number of hydrogen-bond acceptors (Lipinski definition) is 7. The van der Waals surface area contributed by atoms with Gasteiger partial charge in [-0.05, 0) is 13.5 Å². The number of ether oxygens (including phenoxy) is 1. The monoisotopic (exact) mass is 284 g/mol. The maximum absolute atomic E-state index is 11.7. The molecule has 1 atom stereocenters. The maximum atomic E-state index is 11.7. The molecule has 0 aromatic carbocycles. The van der Waals surface area contributed by atoms with Crippen LogP contribution in [0.1, 0.15) is 29.1 Å². The normalized spacial score (nSPS) is 11.8. The van der Waals surface area contributed by atoms with Gasteiger partial charge in [-0.25, -0.2) is 14.3 Å². The quantitative estimate of drug-likeness (QED) is 0.545. The molecule has 3 amide bonds. The van der Waals surface area contributed by atoms with E-state index in [0.29, 0.717) is 5.69 Å². The lowest BCUT2D eigenvalue weighted by Crippen LogP contribution is -2.39. The van der Waals surface area contributed by atoms with Crippen molar-refractivity contribution >= 4 is 17.9 Å². The zero-order valence-corrected chi connectivity index (χ0v) is 11.1. The van der Waals surface area contributed by atoms with Crippen LogP contribution in [0, 0.1) is 0 Å². The molecule has 0 aliphatic rings. The number of primary amides is 1. The largest absolute Gasteiger partial charge is 0.464 e. The van der Waals surface area contributed by atoms with Crippen molar-refractivity contribution in [2.45, 2.75) is 19.4 Å². The molecule has 20 heavy (non-hydrogen) atoms. The van der Waals surface area contributed by atoms with Gasteiger partial charge in [-0.2, -0.15) is 0 Å². The summed E-state index contributed by atoms with van der Waals surface area (Å²) in [5.74, 6) is -1.35. The summed E-state index contributed by atoms with van der Waals surface area (Å²) in [6.45, 7) is 1.70. The number of imide groups is 1. The van der Waals surface area contributed by atoms with E-state index in [1.807, 2.05) is 5.32 Å². The summed E-state index contributed by atoms with van der Waals surface area (Å²) in [4.78, 5) is 33.9. The minimum atomic E-state index is -0.976. The lowest BCUT2D eigenvalue weighted by atomic mass is 10.2. The second-order valence-electron chi connectivity index (χ2n) is 3.89. The molecule has 0 radical (unpaired) electrons. The number of carbonyl (C=O) groups excluding carboxylic acids is 3. The van der Waals surface area contributed by atoms with Gasteiger partial charge in [0.2, 0.25) is 0 Å². The highest BCUT2D eigenvalue weighted by Crippen LogP contribution is 2.13. The van der Waals surface area contributed by atoms with Crippen LogP contribution in [0.15, 0.2) is 0 Å². The number of methoxy groups -OCH3 is 1. The first kappa shape index (κ1) is 15.6. The lowest BCUT2D eigenvalue weighted by molar-refractivity contribution is -0.123. The van der Waals surface area contributed by atoms with Gasteiger partial charge in [-0.3, -0.25) is 10.1 Å². The SMILES string of the molecule is COC(=O)c1nnn(C(C)C(=O)NC(N)=O)c1CCN. The number of hydrogen-bond donors (Lipinski definition) is 3. The highest BCUT2D eigenvalue weighted by atomic mass is 16.5. The topological polar surface area (TPSA) is 155 Å². The van der Waals surface area contributed by atoms with Gasteiger partial charge in [-0.1, -0.05) is 5.21 Å². The van der Waals surface area contributed by atoms with Gasteiger partial charge in [0.15, 0.2) is 5.69 Å². The molecule has 0 bridgehead atoms. The minimum Gasteiger partial charge on any atom is -0.464 e. The summed E-state index contributed by atoms with van der Waals surface area (Å²) in [6.07, 6.45) is 0.269. The summed E-state index contributed by atoms with van der Waals surface area (Å²) < 4.78 is 5.78. The molecule has 0 saturated carbocycles. The maximum Gasteiger partial charge on any atom is 0.360 e. The van der Waals surface area contributed by atoms with Crippen LogP contribution in [0.4, 0.5) is 4.79 Å². The number of esters is 1. The van der Waals surface area contributed by atoms with Crippen LogP contribution in [0.25, 0.3) is 0 Å². The minimum absolute atomic E-state index is 0.0170. The van der Waals surface area contributed by atoms with E-state index in [-0.39, 0.29) is 18.7 Å². The number of aromatic nitrogens is 3. The Morgan fingerprint density at radius 3 is 2.60 bits per heavy atom. The molecule has 1 aromatic rings. The van der Waals surface area contributed by atoms with E-state index in [1.54, 1.807) is 0 Å². The van der Waals surface area contributed by atoms with Crippen LogP contribution in [-0.4, -0.2) is 46.6 Å². The Labute approximate surface area is 114 Å². The molecule has 10 heteroatoms.